The van der Waals surface area contributed by atoms with Crippen LogP contribution < -0.4 is 5.32 Å². The SMILES string of the molecule is O=C([C@H]1CCCOC1)N1CCN[C@H](c2cccc(Cl)c2)C1. The average molecular weight is 309 g/mol. The molecule has 2 aliphatic rings. The molecule has 2 heterocycles. The molecule has 2 atom stereocenters. The first kappa shape index (κ1) is 14.8. The maximum absolute atomic E-state index is 12.6. The molecule has 1 amide bonds. The van der Waals surface area contributed by atoms with Gasteiger partial charge in [-0.1, -0.05) is 23.7 Å². The van der Waals surface area contributed by atoms with E-state index in [0.29, 0.717) is 13.2 Å². The molecule has 0 saturated carbocycles. The second kappa shape index (κ2) is 6.77. The number of ether oxygens (including phenoxy) is 1. The van der Waals surface area contributed by atoms with Gasteiger partial charge in [-0.25, -0.2) is 0 Å². The lowest BCUT2D eigenvalue weighted by Crippen LogP contribution is -2.51. The van der Waals surface area contributed by atoms with Crippen LogP contribution >= 0.6 is 11.6 Å². The van der Waals surface area contributed by atoms with Crippen molar-refractivity contribution >= 4 is 17.5 Å². The number of carbonyl (C=O) groups excluding carboxylic acids is 1. The standard InChI is InChI=1S/C16H21ClN2O2/c17-14-5-1-3-12(9-14)15-10-19(7-6-18-15)16(20)13-4-2-8-21-11-13/h1,3,5,9,13,15,18H,2,4,6-8,10-11H2/t13-,15-/m0/s1. The molecular formula is C16H21ClN2O2. The zero-order valence-corrected chi connectivity index (χ0v) is 12.8. The van der Waals surface area contributed by atoms with Crippen LogP contribution in [0.15, 0.2) is 24.3 Å². The minimum absolute atomic E-state index is 0.0388. The Hall–Kier alpha value is -1.10. The zero-order chi connectivity index (χ0) is 14.7. The van der Waals surface area contributed by atoms with Crippen LogP contribution in [-0.4, -0.2) is 43.7 Å². The number of hydrogen-bond acceptors (Lipinski definition) is 3. The largest absolute Gasteiger partial charge is 0.381 e. The highest BCUT2D eigenvalue weighted by Crippen LogP contribution is 2.23. The van der Waals surface area contributed by atoms with Crippen molar-refractivity contribution in [3.8, 4) is 0 Å². The van der Waals surface area contributed by atoms with Crippen molar-refractivity contribution in [2.75, 3.05) is 32.8 Å². The third-order valence-electron chi connectivity index (χ3n) is 4.25. The highest BCUT2D eigenvalue weighted by Gasteiger charge is 2.30. The Balaban J connectivity index is 1.66. The van der Waals surface area contributed by atoms with Crippen LogP contribution in [0.25, 0.3) is 0 Å². The molecule has 1 aromatic rings. The summed E-state index contributed by atoms with van der Waals surface area (Å²) < 4.78 is 5.44. The molecule has 2 saturated heterocycles. The minimum atomic E-state index is 0.0388. The van der Waals surface area contributed by atoms with Gasteiger partial charge in [0.05, 0.1) is 12.5 Å². The Labute approximate surface area is 130 Å². The summed E-state index contributed by atoms with van der Waals surface area (Å²) in [6, 6.07) is 8.01. The lowest BCUT2D eigenvalue weighted by Gasteiger charge is -2.36. The summed E-state index contributed by atoms with van der Waals surface area (Å²) in [5.74, 6) is 0.278. The van der Waals surface area contributed by atoms with Crippen LogP contribution in [0.1, 0.15) is 24.4 Å². The van der Waals surface area contributed by atoms with E-state index >= 15 is 0 Å². The van der Waals surface area contributed by atoms with Crippen LogP contribution in [0, 0.1) is 5.92 Å². The molecule has 2 aliphatic heterocycles. The van der Waals surface area contributed by atoms with Gasteiger partial charge in [-0.2, -0.15) is 0 Å². The number of halogens is 1. The third-order valence-corrected chi connectivity index (χ3v) is 4.48. The number of rotatable bonds is 2. The predicted molar refractivity (Wildman–Crippen MR) is 82.3 cm³/mol. The quantitative estimate of drug-likeness (QED) is 0.911. The van der Waals surface area contributed by atoms with Gasteiger partial charge >= 0.3 is 0 Å². The molecule has 1 N–H and O–H groups in total. The fourth-order valence-electron chi connectivity index (χ4n) is 3.09. The molecule has 0 radical (unpaired) electrons. The van der Waals surface area contributed by atoms with Gasteiger partial charge in [0.25, 0.3) is 0 Å². The van der Waals surface area contributed by atoms with Gasteiger partial charge in [0, 0.05) is 37.3 Å². The predicted octanol–water partition coefficient (Wildman–Crippen LogP) is 2.24. The van der Waals surface area contributed by atoms with Crippen LogP contribution in [0.5, 0.6) is 0 Å². The number of benzene rings is 1. The second-order valence-corrected chi connectivity index (χ2v) is 6.20. The van der Waals surface area contributed by atoms with Gasteiger partial charge in [0.1, 0.15) is 0 Å². The van der Waals surface area contributed by atoms with Gasteiger partial charge in [-0.15, -0.1) is 0 Å². The van der Waals surface area contributed by atoms with E-state index in [1.807, 2.05) is 23.1 Å². The van der Waals surface area contributed by atoms with E-state index in [4.69, 9.17) is 16.3 Å². The molecule has 0 spiro atoms. The maximum Gasteiger partial charge on any atom is 0.228 e. The molecule has 0 aliphatic carbocycles. The maximum atomic E-state index is 12.6. The number of nitrogens with one attached hydrogen (secondary N) is 1. The first-order chi connectivity index (χ1) is 10.2. The fourth-order valence-corrected chi connectivity index (χ4v) is 3.29. The summed E-state index contributed by atoms with van der Waals surface area (Å²) in [6.07, 6.45) is 1.94. The molecule has 5 heteroatoms. The summed E-state index contributed by atoms with van der Waals surface area (Å²) in [4.78, 5) is 14.6. The Morgan fingerprint density at radius 3 is 3.10 bits per heavy atom. The van der Waals surface area contributed by atoms with E-state index in [1.165, 1.54) is 0 Å². The number of nitrogens with zero attached hydrogens (tertiary/aromatic N) is 1. The van der Waals surface area contributed by atoms with Crippen molar-refractivity contribution in [1.29, 1.82) is 0 Å². The van der Waals surface area contributed by atoms with Crippen molar-refractivity contribution in [3.63, 3.8) is 0 Å². The lowest BCUT2D eigenvalue weighted by molar-refractivity contribution is -0.141. The first-order valence-electron chi connectivity index (χ1n) is 7.59. The highest BCUT2D eigenvalue weighted by atomic mass is 35.5. The molecular weight excluding hydrogens is 288 g/mol. The summed E-state index contributed by atoms with van der Waals surface area (Å²) in [5.41, 5.74) is 1.14. The smallest absolute Gasteiger partial charge is 0.228 e. The molecule has 21 heavy (non-hydrogen) atoms. The lowest BCUT2D eigenvalue weighted by atomic mass is 9.98. The third kappa shape index (κ3) is 3.57. The summed E-state index contributed by atoms with van der Waals surface area (Å²) in [5, 5.41) is 4.20. The molecule has 114 valence electrons. The monoisotopic (exact) mass is 308 g/mol. The molecule has 3 rings (SSSR count). The zero-order valence-electron chi connectivity index (χ0n) is 12.1. The van der Waals surface area contributed by atoms with Crippen LogP contribution in [0.2, 0.25) is 5.02 Å². The Morgan fingerprint density at radius 1 is 1.43 bits per heavy atom. The van der Waals surface area contributed by atoms with Gasteiger partial charge in [-0.05, 0) is 30.5 Å². The van der Waals surface area contributed by atoms with Gasteiger partial charge in [-0.3, -0.25) is 4.79 Å². The van der Waals surface area contributed by atoms with E-state index in [9.17, 15) is 4.79 Å². The van der Waals surface area contributed by atoms with Gasteiger partial charge < -0.3 is 15.0 Å². The highest BCUT2D eigenvalue weighted by molar-refractivity contribution is 6.30. The van der Waals surface area contributed by atoms with Crippen molar-refractivity contribution in [2.45, 2.75) is 18.9 Å². The van der Waals surface area contributed by atoms with Gasteiger partial charge in [0.15, 0.2) is 0 Å². The van der Waals surface area contributed by atoms with Crippen LogP contribution in [-0.2, 0) is 9.53 Å². The molecule has 0 unspecified atom stereocenters. The fraction of sp³-hybridized carbons (Fsp3) is 0.562. The van der Waals surface area contributed by atoms with E-state index < -0.39 is 0 Å². The second-order valence-electron chi connectivity index (χ2n) is 5.76. The van der Waals surface area contributed by atoms with E-state index in [0.717, 1.165) is 43.1 Å². The number of amides is 1. The first-order valence-corrected chi connectivity index (χ1v) is 7.97. The van der Waals surface area contributed by atoms with Crippen molar-refractivity contribution in [3.05, 3.63) is 34.9 Å². The summed E-state index contributed by atoms with van der Waals surface area (Å²) in [7, 11) is 0. The number of hydrogen-bond donors (Lipinski definition) is 1. The Bertz CT molecular complexity index is 503. The van der Waals surface area contributed by atoms with Crippen molar-refractivity contribution < 1.29 is 9.53 Å². The molecule has 2 fully saturated rings. The average Bonchev–Trinajstić information content (AvgIpc) is 2.55. The molecule has 0 bridgehead atoms. The van der Waals surface area contributed by atoms with Crippen LogP contribution in [0.3, 0.4) is 0 Å². The normalized spacial score (nSPS) is 26.6. The van der Waals surface area contributed by atoms with Crippen molar-refractivity contribution in [1.82, 2.24) is 10.2 Å². The Kier molecular flexibility index (Phi) is 4.78. The Morgan fingerprint density at radius 2 is 2.33 bits per heavy atom. The van der Waals surface area contributed by atoms with E-state index in [2.05, 4.69) is 11.4 Å². The van der Waals surface area contributed by atoms with Crippen LogP contribution in [0.4, 0.5) is 0 Å². The van der Waals surface area contributed by atoms with E-state index in [1.54, 1.807) is 0 Å². The number of piperazine rings is 1. The summed E-state index contributed by atoms with van der Waals surface area (Å²) >= 11 is 6.06. The summed E-state index contributed by atoms with van der Waals surface area (Å²) in [6.45, 7) is 3.65. The van der Waals surface area contributed by atoms with Crippen molar-refractivity contribution in [2.24, 2.45) is 5.92 Å². The minimum Gasteiger partial charge on any atom is -0.381 e. The molecule has 4 nitrogen and oxygen atoms in total. The molecule has 0 aromatic heterocycles. The van der Waals surface area contributed by atoms with Gasteiger partial charge in [0.2, 0.25) is 5.91 Å². The van der Waals surface area contributed by atoms with E-state index in [-0.39, 0.29) is 17.9 Å². The number of carbonyl (C=O) groups is 1. The molecule has 1 aromatic carbocycles. The topological polar surface area (TPSA) is 41.6 Å².